The van der Waals surface area contributed by atoms with Crippen LogP contribution in [0.25, 0.3) is 22.2 Å². The number of benzene rings is 2. The first kappa shape index (κ1) is 24.1. The van der Waals surface area contributed by atoms with Gasteiger partial charge in [-0.3, -0.25) is 9.78 Å². The molecule has 176 valence electrons. The summed E-state index contributed by atoms with van der Waals surface area (Å²) < 4.78 is 13.8. The Kier molecular flexibility index (Phi) is 7.46. The molecule has 0 spiro atoms. The fourth-order valence-corrected chi connectivity index (χ4v) is 4.03. The van der Waals surface area contributed by atoms with E-state index in [2.05, 4.69) is 15.0 Å². The van der Waals surface area contributed by atoms with E-state index in [1.807, 2.05) is 44.4 Å². The zero-order chi connectivity index (χ0) is 24.2. The minimum absolute atomic E-state index is 0.0760. The van der Waals surface area contributed by atoms with E-state index in [0.29, 0.717) is 33.6 Å². The van der Waals surface area contributed by atoms with Crippen molar-refractivity contribution in [2.45, 2.75) is 19.4 Å². The van der Waals surface area contributed by atoms with Crippen LogP contribution in [0, 0.1) is 5.82 Å². The fraction of sp³-hybridized carbons (Fsp3) is 0.240. The van der Waals surface area contributed by atoms with E-state index in [-0.39, 0.29) is 17.4 Å². The third-order valence-electron chi connectivity index (χ3n) is 5.39. The fourth-order valence-electron chi connectivity index (χ4n) is 3.55. The summed E-state index contributed by atoms with van der Waals surface area (Å²) in [4.78, 5) is 26.2. The molecule has 0 fully saturated rings. The van der Waals surface area contributed by atoms with Crippen LogP contribution in [0.5, 0.6) is 0 Å². The molecular formula is C25H23Cl2FN4O2. The Morgan fingerprint density at radius 3 is 2.74 bits per heavy atom. The number of halogens is 3. The Bertz CT molecular complexity index is 1340. The van der Waals surface area contributed by atoms with Gasteiger partial charge in [-0.15, -0.1) is 5.10 Å². The first-order valence-corrected chi connectivity index (χ1v) is 11.5. The van der Waals surface area contributed by atoms with E-state index in [1.165, 1.54) is 17.0 Å². The van der Waals surface area contributed by atoms with Gasteiger partial charge in [-0.2, -0.15) is 0 Å². The molecule has 2 aromatic heterocycles. The van der Waals surface area contributed by atoms with Crippen LogP contribution in [-0.2, 0) is 6.61 Å². The lowest BCUT2D eigenvalue weighted by Crippen LogP contribution is -2.14. The Balaban J connectivity index is 1.56. The van der Waals surface area contributed by atoms with Crippen molar-refractivity contribution in [2.24, 2.45) is 0 Å². The molecule has 0 N–H and O–H groups in total. The van der Waals surface area contributed by atoms with Crippen LogP contribution < -0.4 is 4.84 Å². The predicted octanol–water partition coefficient (Wildman–Crippen LogP) is 5.70. The largest absolute Gasteiger partial charge is 0.391 e. The highest BCUT2D eigenvalue weighted by Gasteiger charge is 2.14. The van der Waals surface area contributed by atoms with Gasteiger partial charge in [0.25, 0.3) is 0 Å². The monoisotopic (exact) mass is 500 g/mol. The quantitative estimate of drug-likeness (QED) is 0.218. The van der Waals surface area contributed by atoms with Crippen LogP contribution in [0.3, 0.4) is 0 Å². The molecular weight excluding hydrogens is 478 g/mol. The summed E-state index contributed by atoms with van der Waals surface area (Å²) in [6.07, 6.45) is 4.59. The highest BCUT2D eigenvalue weighted by Crippen LogP contribution is 2.28. The molecule has 0 aliphatic rings. The number of carbonyl (C=O) groups excluding carboxylic acids is 1. The average molecular weight is 501 g/mol. The van der Waals surface area contributed by atoms with Gasteiger partial charge in [0.15, 0.2) is 5.78 Å². The minimum atomic E-state index is -0.574. The van der Waals surface area contributed by atoms with Gasteiger partial charge in [0, 0.05) is 34.3 Å². The van der Waals surface area contributed by atoms with Crippen molar-refractivity contribution in [1.82, 2.24) is 19.8 Å². The number of fused-ring (bicyclic) bond motifs is 1. The van der Waals surface area contributed by atoms with Crippen LogP contribution in [0.4, 0.5) is 4.39 Å². The molecule has 0 radical (unpaired) electrons. The lowest BCUT2D eigenvalue weighted by molar-refractivity contribution is 0.0794. The standard InChI is InChI=1S/C25H23Cl2FN4O2/c1-31(2)10-4-7-24(33)17-6-3-5-16(11-17)18-12-23-22(29-13-18)14-30-32(23)34-15-19-20(26)8-9-21(28)25(19)27/h3,5-6,8-9,11-14H,4,7,10,15H2,1-2H3. The third-order valence-corrected chi connectivity index (χ3v) is 6.15. The molecule has 0 amide bonds. The van der Waals surface area contributed by atoms with Crippen molar-refractivity contribution in [3.05, 3.63) is 81.8 Å². The molecule has 9 heteroatoms. The maximum absolute atomic E-state index is 13.8. The number of pyridine rings is 1. The summed E-state index contributed by atoms with van der Waals surface area (Å²) in [6, 6.07) is 12.0. The number of Topliss-reactive ketones (excluding diaryl/α,β-unsaturated/α-hetero) is 1. The summed E-state index contributed by atoms with van der Waals surface area (Å²) in [5, 5.41) is 4.43. The molecule has 0 aliphatic heterocycles. The predicted molar refractivity (Wildman–Crippen MR) is 132 cm³/mol. The molecule has 2 heterocycles. The van der Waals surface area contributed by atoms with E-state index in [0.717, 1.165) is 24.1 Å². The highest BCUT2D eigenvalue weighted by molar-refractivity contribution is 6.36. The normalized spacial score (nSPS) is 11.4. The molecule has 0 saturated heterocycles. The zero-order valence-electron chi connectivity index (χ0n) is 18.8. The van der Waals surface area contributed by atoms with E-state index in [9.17, 15) is 9.18 Å². The third kappa shape index (κ3) is 5.38. The highest BCUT2D eigenvalue weighted by atomic mass is 35.5. The van der Waals surface area contributed by atoms with Gasteiger partial charge in [-0.25, -0.2) is 4.39 Å². The smallest absolute Gasteiger partial charge is 0.162 e. The second-order valence-corrected chi connectivity index (χ2v) is 8.94. The molecule has 0 unspecified atom stereocenters. The number of hydrogen-bond acceptors (Lipinski definition) is 5. The molecule has 0 atom stereocenters. The molecule has 34 heavy (non-hydrogen) atoms. The maximum Gasteiger partial charge on any atom is 0.162 e. The Hall–Kier alpha value is -3.00. The van der Waals surface area contributed by atoms with Gasteiger partial charge in [0.2, 0.25) is 0 Å². The number of rotatable bonds is 9. The summed E-state index contributed by atoms with van der Waals surface area (Å²) in [6.45, 7) is 0.787. The van der Waals surface area contributed by atoms with Crippen molar-refractivity contribution in [2.75, 3.05) is 20.6 Å². The zero-order valence-corrected chi connectivity index (χ0v) is 20.3. The molecule has 0 bridgehead atoms. The van der Waals surface area contributed by atoms with Crippen LogP contribution in [0.2, 0.25) is 10.0 Å². The second-order valence-electron chi connectivity index (χ2n) is 8.15. The molecule has 2 aromatic carbocycles. The van der Waals surface area contributed by atoms with Crippen molar-refractivity contribution in [1.29, 1.82) is 0 Å². The Labute approximate surface area is 206 Å². The first-order valence-electron chi connectivity index (χ1n) is 10.7. The van der Waals surface area contributed by atoms with Crippen LogP contribution >= 0.6 is 23.2 Å². The molecule has 6 nitrogen and oxygen atoms in total. The van der Waals surface area contributed by atoms with E-state index >= 15 is 0 Å². The van der Waals surface area contributed by atoms with Crippen molar-refractivity contribution >= 4 is 40.0 Å². The molecule has 4 aromatic rings. The van der Waals surface area contributed by atoms with Gasteiger partial charge in [0.05, 0.1) is 11.2 Å². The van der Waals surface area contributed by atoms with Crippen LogP contribution in [-0.4, -0.2) is 46.3 Å². The SMILES string of the molecule is CN(C)CCCC(=O)c1cccc(-c2cnc3cnn(OCc4c(Cl)ccc(F)c4Cl)c3c2)c1. The van der Waals surface area contributed by atoms with E-state index < -0.39 is 5.82 Å². The van der Waals surface area contributed by atoms with Crippen LogP contribution in [0.15, 0.2) is 54.9 Å². The van der Waals surface area contributed by atoms with Gasteiger partial charge >= 0.3 is 0 Å². The average Bonchev–Trinajstić information content (AvgIpc) is 3.23. The first-order chi connectivity index (χ1) is 16.3. The number of nitrogens with zero attached hydrogens (tertiary/aromatic N) is 4. The van der Waals surface area contributed by atoms with E-state index in [1.54, 1.807) is 12.4 Å². The topological polar surface area (TPSA) is 60.2 Å². The van der Waals surface area contributed by atoms with Crippen molar-refractivity contribution < 1.29 is 14.0 Å². The minimum Gasteiger partial charge on any atom is -0.391 e. The van der Waals surface area contributed by atoms with Crippen LogP contribution in [0.1, 0.15) is 28.8 Å². The maximum atomic E-state index is 13.8. The molecule has 4 rings (SSSR count). The van der Waals surface area contributed by atoms with E-state index in [4.69, 9.17) is 28.0 Å². The van der Waals surface area contributed by atoms with Gasteiger partial charge in [0.1, 0.15) is 23.5 Å². The Morgan fingerprint density at radius 1 is 1.12 bits per heavy atom. The molecule has 0 saturated carbocycles. The Morgan fingerprint density at radius 2 is 1.94 bits per heavy atom. The summed E-state index contributed by atoms with van der Waals surface area (Å²) >= 11 is 12.2. The van der Waals surface area contributed by atoms with Gasteiger partial charge in [-0.05, 0) is 56.9 Å². The summed E-state index contributed by atoms with van der Waals surface area (Å²) in [5.41, 5.74) is 3.90. The number of hydrogen-bond donors (Lipinski definition) is 0. The van der Waals surface area contributed by atoms with Gasteiger partial charge < -0.3 is 9.74 Å². The summed E-state index contributed by atoms with van der Waals surface area (Å²) in [7, 11) is 3.98. The van der Waals surface area contributed by atoms with Crippen molar-refractivity contribution in [3.8, 4) is 11.1 Å². The van der Waals surface area contributed by atoms with Crippen molar-refractivity contribution in [3.63, 3.8) is 0 Å². The van der Waals surface area contributed by atoms with Gasteiger partial charge in [-0.1, -0.05) is 46.2 Å². The number of carbonyl (C=O) groups is 1. The lowest BCUT2D eigenvalue weighted by atomic mass is 10.0. The molecule has 0 aliphatic carbocycles. The lowest BCUT2D eigenvalue weighted by Gasteiger charge is -2.11. The number of ketones is 1. The number of aromatic nitrogens is 3. The second kappa shape index (κ2) is 10.5. The summed E-state index contributed by atoms with van der Waals surface area (Å²) in [5.74, 6) is -0.468.